The van der Waals surface area contributed by atoms with E-state index in [0.717, 1.165) is 10.2 Å². The fourth-order valence-electron chi connectivity index (χ4n) is 1.59. The predicted octanol–water partition coefficient (Wildman–Crippen LogP) is 3.43. The Morgan fingerprint density at radius 1 is 1.53 bits per heavy atom. The highest BCUT2D eigenvalue weighted by Gasteiger charge is 2.34. The molecule has 1 rings (SSSR count). The van der Waals surface area contributed by atoms with Crippen LogP contribution in [0, 0.1) is 17.2 Å². The highest BCUT2D eigenvalue weighted by Crippen LogP contribution is 2.25. The van der Waals surface area contributed by atoms with Crippen LogP contribution in [0.2, 0.25) is 0 Å². The Balaban J connectivity index is 2.98. The van der Waals surface area contributed by atoms with Crippen LogP contribution in [0.3, 0.4) is 0 Å². The molecule has 3 nitrogen and oxygen atoms in total. The average Bonchev–Trinajstić information content (AvgIpc) is 2.28. The van der Waals surface area contributed by atoms with Crippen molar-refractivity contribution in [3.63, 3.8) is 0 Å². The standard InChI is InChI=1S/C13H17BrN2O/c1-10(2)13(8-15,9-17-3)16-12-6-4-5-11(14)7-12/h4-7,10,16H,9H2,1-3H3. The van der Waals surface area contributed by atoms with E-state index >= 15 is 0 Å². The molecule has 0 aliphatic carbocycles. The summed E-state index contributed by atoms with van der Waals surface area (Å²) in [5.41, 5.74) is 0.210. The smallest absolute Gasteiger partial charge is 0.151 e. The summed E-state index contributed by atoms with van der Waals surface area (Å²) in [6, 6.07) is 10.1. The molecule has 1 N–H and O–H groups in total. The topological polar surface area (TPSA) is 45.0 Å². The largest absolute Gasteiger partial charge is 0.381 e. The van der Waals surface area contributed by atoms with Crippen molar-refractivity contribution in [2.45, 2.75) is 19.4 Å². The molecule has 0 radical (unpaired) electrons. The number of rotatable bonds is 5. The molecule has 1 unspecified atom stereocenters. The van der Waals surface area contributed by atoms with Crippen LogP contribution in [0.15, 0.2) is 28.7 Å². The summed E-state index contributed by atoms with van der Waals surface area (Å²) in [6.45, 7) is 4.37. The Bertz CT molecular complexity index is 414. The molecular weight excluding hydrogens is 280 g/mol. The second-order valence-corrected chi connectivity index (χ2v) is 5.22. The first-order chi connectivity index (χ1) is 8.04. The van der Waals surface area contributed by atoms with E-state index in [-0.39, 0.29) is 5.92 Å². The van der Waals surface area contributed by atoms with E-state index in [0.29, 0.717) is 6.61 Å². The molecule has 0 aromatic heterocycles. The Morgan fingerprint density at radius 3 is 2.71 bits per heavy atom. The van der Waals surface area contributed by atoms with Gasteiger partial charge in [0.15, 0.2) is 5.54 Å². The van der Waals surface area contributed by atoms with E-state index in [1.165, 1.54) is 0 Å². The van der Waals surface area contributed by atoms with E-state index in [9.17, 15) is 5.26 Å². The van der Waals surface area contributed by atoms with Crippen molar-refractivity contribution in [3.8, 4) is 6.07 Å². The second-order valence-electron chi connectivity index (χ2n) is 4.31. The van der Waals surface area contributed by atoms with Crippen molar-refractivity contribution in [1.29, 1.82) is 5.26 Å². The summed E-state index contributed by atoms with van der Waals surface area (Å²) in [5, 5.41) is 12.7. The average molecular weight is 297 g/mol. The van der Waals surface area contributed by atoms with Crippen molar-refractivity contribution in [1.82, 2.24) is 0 Å². The van der Waals surface area contributed by atoms with Crippen LogP contribution in [0.5, 0.6) is 0 Å². The summed E-state index contributed by atoms with van der Waals surface area (Å²) in [4.78, 5) is 0. The van der Waals surface area contributed by atoms with Gasteiger partial charge in [0, 0.05) is 17.3 Å². The lowest BCUT2D eigenvalue weighted by Crippen LogP contribution is -2.46. The van der Waals surface area contributed by atoms with Crippen molar-refractivity contribution in [2.24, 2.45) is 5.92 Å². The Morgan fingerprint density at radius 2 is 2.24 bits per heavy atom. The van der Waals surface area contributed by atoms with E-state index < -0.39 is 5.54 Å². The van der Waals surface area contributed by atoms with Gasteiger partial charge in [0.2, 0.25) is 0 Å². The minimum Gasteiger partial charge on any atom is -0.381 e. The molecule has 0 aliphatic rings. The highest BCUT2D eigenvalue weighted by atomic mass is 79.9. The molecule has 0 heterocycles. The third-order valence-corrected chi connectivity index (χ3v) is 3.24. The van der Waals surface area contributed by atoms with Crippen LogP contribution in [0.25, 0.3) is 0 Å². The number of methoxy groups -OCH3 is 1. The van der Waals surface area contributed by atoms with Gasteiger partial charge in [0.05, 0.1) is 12.7 Å². The van der Waals surface area contributed by atoms with Crippen LogP contribution < -0.4 is 5.32 Å². The first-order valence-electron chi connectivity index (χ1n) is 5.48. The third kappa shape index (κ3) is 3.45. The van der Waals surface area contributed by atoms with Crippen LogP contribution >= 0.6 is 15.9 Å². The van der Waals surface area contributed by atoms with Gasteiger partial charge < -0.3 is 10.1 Å². The summed E-state index contributed by atoms with van der Waals surface area (Å²) in [7, 11) is 1.61. The van der Waals surface area contributed by atoms with E-state index in [2.05, 4.69) is 27.3 Å². The zero-order valence-electron chi connectivity index (χ0n) is 10.3. The minimum absolute atomic E-state index is 0.145. The van der Waals surface area contributed by atoms with Gasteiger partial charge in [0.25, 0.3) is 0 Å². The zero-order valence-corrected chi connectivity index (χ0v) is 11.9. The zero-order chi connectivity index (χ0) is 12.9. The Kier molecular flexibility index (Phi) is 4.98. The SMILES string of the molecule is COCC(C#N)(Nc1cccc(Br)c1)C(C)C. The molecule has 0 saturated heterocycles. The molecular formula is C13H17BrN2O. The maximum absolute atomic E-state index is 9.40. The molecule has 1 aromatic carbocycles. The first kappa shape index (κ1) is 14.0. The first-order valence-corrected chi connectivity index (χ1v) is 6.27. The molecule has 0 spiro atoms. The molecule has 4 heteroatoms. The van der Waals surface area contributed by atoms with Gasteiger partial charge >= 0.3 is 0 Å². The monoisotopic (exact) mass is 296 g/mol. The number of hydrogen-bond donors (Lipinski definition) is 1. The lowest BCUT2D eigenvalue weighted by atomic mass is 9.88. The fraction of sp³-hybridized carbons (Fsp3) is 0.462. The highest BCUT2D eigenvalue weighted by molar-refractivity contribution is 9.10. The van der Waals surface area contributed by atoms with Crippen molar-refractivity contribution in [2.75, 3.05) is 19.0 Å². The number of nitrogens with one attached hydrogen (secondary N) is 1. The van der Waals surface area contributed by atoms with Gasteiger partial charge in [-0.3, -0.25) is 0 Å². The number of nitriles is 1. The van der Waals surface area contributed by atoms with E-state index in [4.69, 9.17) is 4.74 Å². The summed E-state index contributed by atoms with van der Waals surface area (Å²) >= 11 is 3.41. The Hall–Kier alpha value is -1.05. The number of benzene rings is 1. The van der Waals surface area contributed by atoms with Gasteiger partial charge in [0.1, 0.15) is 0 Å². The van der Waals surface area contributed by atoms with Crippen molar-refractivity contribution < 1.29 is 4.74 Å². The van der Waals surface area contributed by atoms with Crippen molar-refractivity contribution in [3.05, 3.63) is 28.7 Å². The molecule has 0 fully saturated rings. The maximum Gasteiger partial charge on any atom is 0.151 e. The number of halogens is 1. The maximum atomic E-state index is 9.40. The Labute approximate surface area is 111 Å². The molecule has 92 valence electrons. The van der Waals surface area contributed by atoms with E-state index in [1.54, 1.807) is 7.11 Å². The van der Waals surface area contributed by atoms with Gasteiger partial charge in [-0.25, -0.2) is 0 Å². The quantitative estimate of drug-likeness (QED) is 0.905. The summed E-state index contributed by atoms with van der Waals surface area (Å²) in [6.07, 6.45) is 0. The van der Waals surface area contributed by atoms with Gasteiger partial charge in [-0.1, -0.05) is 35.8 Å². The number of anilines is 1. The molecule has 17 heavy (non-hydrogen) atoms. The molecule has 0 amide bonds. The number of hydrogen-bond acceptors (Lipinski definition) is 3. The fourth-order valence-corrected chi connectivity index (χ4v) is 1.99. The number of ether oxygens (including phenoxy) is 1. The molecule has 0 saturated carbocycles. The third-order valence-electron chi connectivity index (χ3n) is 2.75. The van der Waals surface area contributed by atoms with Crippen LogP contribution in [-0.4, -0.2) is 19.3 Å². The number of nitrogens with zero attached hydrogens (tertiary/aromatic N) is 1. The van der Waals surface area contributed by atoms with Crippen molar-refractivity contribution >= 4 is 21.6 Å². The van der Waals surface area contributed by atoms with Crippen LogP contribution in [0.1, 0.15) is 13.8 Å². The lowest BCUT2D eigenvalue weighted by Gasteiger charge is -2.32. The molecule has 0 bridgehead atoms. The van der Waals surface area contributed by atoms with Crippen LogP contribution in [0.4, 0.5) is 5.69 Å². The van der Waals surface area contributed by atoms with Gasteiger partial charge in [-0.15, -0.1) is 0 Å². The van der Waals surface area contributed by atoms with Crippen LogP contribution in [-0.2, 0) is 4.74 Å². The van der Waals surface area contributed by atoms with E-state index in [1.807, 2.05) is 38.1 Å². The summed E-state index contributed by atoms with van der Waals surface area (Å²) < 4.78 is 6.15. The predicted molar refractivity (Wildman–Crippen MR) is 72.8 cm³/mol. The molecule has 0 aliphatic heterocycles. The second kappa shape index (κ2) is 6.04. The molecule has 1 aromatic rings. The summed E-state index contributed by atoms with van der Waals surface area (Å²) in [5.74, 6) is 0.145. The molecule has 1 atom stereocenters. The minimum atomic E-state index is -0.699. The normalized spacial score (nSPS) is 14.1. The lowest BCUT2D eigenvalue weighted by molar-refractivity contribution is 0.144. The van der Waals surface area contributed by atoms with Gasteiger partial charge in [-0.2, -0.15) is 5.26 Å². The van der Waals surface area contributed by atoms with Gasteiger partial charge in [-0.05, 0) is 24.1 Å².